The molecule has 0 unspecified atom stereocenters. The Bertz CT molecular complexity index is 1520. The quantitative estimate of drug-likeness (QED) is 0.236. The summed E-state index contributed by atoms with van der Waals surface area (Å²) < 4.78 is 9.49. The Morgan fingerprint density at radius 1 is 1.00 bits per heavy atom. The molecule has 0 radical (unpaired) electrons. The molecule has 5 aromatic rings. The first-order chi connectivity index (χ1) is 16.1. The monoisotopic (exact) mass is 439 g/mol. The maximum absolute atomic E-state index is 11.0. The fourth-order valence-electron chi connectivity index (χ4n) is 4.97. The zero-order chi connectivity index (χ0) is 22.5. The predicted molar refractivity (Wildman–Crippen MR) is 130 cm³/mol. The molecule has 1 saturated carbocycles. The number of nitrogens with zero attached hydrogens (tertiary/aromatic N) is 3. The lowest BCUT2D eigenvalue weighted by Gasteiger charge is -2.10. The molecule has 2 aromatic heterocycles. The summed E-state index contributed by atoms with van der Waals surface area (Å²) in [7, 11) is 0. The summed E-state index contributed by atoms with van der Waals surface area (Å²) in [6.07, 6.45) is 2.42. The summed E-state index contributed by atoms with van der Waals surface area (Å²) in [6.45, 7) is 3.98. The first-order valence-electron chi connectivity index (χ1n) is 11.5. The molecule has 0 atom stereocenters. The van der Waals surface area contributed by atoms with E-state index in [1.165, 1.54) is 34.6 Å². The first-order valence-corrected chi connectivity index (χ1v) is 11.5. The summed E-state index contributed by atoms with van der Waals surface area (Å²) in [5.41, 5.74) is 5.27. The topological polar surface area (TPSA) is 69.3 Å². The third kappa shape index (κ3) is 3.42. The van der Waals surface area contributed by atoms with Crippen LogP contribution < -0.4 is 4.74 Å². The summed E-state index contributed by atoms with van der Waals surface area (Å²) in [4.78, 5) is 15.9. The second-order valence-electron chi connectivity index (χ2n) is 8.83. The van der Waals surface area contributed by atoms with Crippen LogP contribution in [0.3, 0.4) is 0 Å². The van der Waals surface area contributed by atoms with E-state index in [-0.39, 0.29) is 5.75 Å². The lowest BCUT2D eigenvalue weighted by atomic mass is 10.1. The van der Waals surface area contributed by atoms with Crippen molar-refractivity contribution in [3.8, 4) is 17.1 Å². The van der Waals surface area contributed by atoms with E-state index in [9.17, 15) is 4.79 Å². The maximum atomic E-state index is 11.0. The smallest absolute Gasteiger partial charge is 0.449 e. The third-order valence-corrected chi connectivity index (χ3v) is 6.73. The van der Waals surface area contributed by atoms with Gasteiger partial charge in [0.15, 0.2) is 0 Å². The Morgan fingerprint density at radius 3 is 2.58 bits per heavy atom. The summed E-state index contributed by atoms with van der Waals surface area (Å²) in [5, 5.41) is 11.5. The molecule has 3 aromatic carbocycles. The largest absolute Gasteiger partial charge is 0.511 e. The zero-order valence-electron chi connectivity index (χ0n) is 18.5. The molecule has 0 amide bonds. The molecule has 1 fully saturated rings. The minimum atomic E-state index is -1.32. The highest BCUT2D eigenvalue weighted by molar-refractivity contribution is 6.09. The van der Waals surface area contributed by atoms with Crippen LogP contribution in [-0.4, -0.2) is 25.4 Å². The van der Waals surface area contributed by atoms with Gasteiger partial charge >= 0.3 is 6.16 Å². The molecule has 6 heteroatoms. The lowest BCUT2D eigenvalue weighted by Crippen LogP contribution is -2.03. The molecule has 2 heterocycles. The van der Waals surface area contributed by atoms with E-state index in [1.54, 1.807) is 12.1 Å². The number of fused-ring (bicyclic) bond motifs is 4. The van der Waals surface area contributed by atoms with Gasteiger partial charge < -0.3 is 19.0 Å². The lowest BCUT2D eigenvalue weighted by molar-refractivity contribution is 0.144. The Hall–Kier alpha value is -3.80. The van der Waals surface area contributed by atoms with Gasteiger partial charge in [-0.1, -0.05) is 31.0 Å². The highest BCUT2D eigenvalue weighted by Crippen LogP contribution is 2.36. The van der Waals surface area contributed by atoms with E-state index in [2.05, 4.69) is 58.5 Å². The van der Waals surface area contributed by atoms with E-state index in [1.807, 2.05) is 6.07 Å². The van der Waals surface area contributed by atoms with E-state index in [4.69, 9.17) is 14.8 Å². The molecule has 6 rings (SSSR count). The summed E-state index contributed by atoms with van der Waals surface area (Å²) in [6, 6.07) is 20.4. The third-order valence-electron chi connectivity index (χ3n) is 6.73. The number of ether oxygens (including phenoxy) is 1. The van der Waals surface area contributed by atoms with Gasteiger partial charge in [-0.3, -0.25) is 0 Å². The van der Waals surface area contributed by atoms with Gasteiger partial charge in [0.1, 0.15) is 11.6 Å². The first kappa shape index (κ1) is 19.9. The van der Waals surface area contributed by atoms with Crippen LogP contribution in [-0.2, 0) is 13.1 Å². The van der Waals surface area contributed by atoms with Gasteiger partial charge in [-0.05, 0) is 55.7 Å². The van der Waals surface area contributed by atoms with Crippen molar-refractivity contribution < 1.29 is 14.6 Å². The van der Waals surface area contributed by atoms with Crippen LogP contribution in [0, 0.1) is 5.92 Å². The van der Waals surface area contributed by atoms with Crippen molar-refractivity contribution >= 4 is 39.0 Å². The van der Waals surface area contributed by atoms with E-state index in [0.717, 1.165) is 47.8 Å². The average molecular weight is 440 g/mol. The average Bonchev–Trinajstić information content (AvgIpc) is 3.50. The van der Waals surface area contributed by atoms with Gasteiger partial charge in [0.2, 0.25) is 0 Å². The van der Waals surface area contributed by atoms with Crippen molar-refractivity contribution in [2.45, 2.75) is 39.3 Å². The molecule has 33 heavy (non-hydrogen) atoms. The van der Waals surface area contributed by atoms with Crippen LogP contribution in [0.2, 0.25) is 0 Å². The van der Waals surface area contributed by atoms with Gasteiger partial charge in [0.05, 0.1) is 11.0 Å². The molecule has 1 aliphatic rings. The molecule has 1 N–H and O–H groups in total. The number of hydrogen-bond acceptors (Lipinski definition) is 3. The second kappa shape index (κ2) is 7.66. The Labute approximate surface area is 191 Å². The fraction of sp³-hybridized carbons (Fsp3) is 0.259. The molecule has 166 valence electrons. The second-order valence-corrected chi connectivity index (χ2v) is 8.83. The highest BCUT2D eigenvalue weighted by atomic mass is 16.7. The van der Waals surface area contributed by atoms with Crippen molar-refractivity contribution in [2.24, 2.45) is 5.92 Å². The predicted octanol–water partition coefficient (Wildman–Crippen LogP) is 6.69. The minimum Gasteiger partial charge on any atom is -0.449 e. The number of hydrogen-bond donors (Lipinski definition) is 1. The van der Waals surface area contributed by atoms with E-state index in [0.29, 0.717) is 0 Å². The number of benzene rings is 3. The maximum Gasteiger partial charge on any atom is 0.511 e. The van der Waals surface area contributed by atoms with Crippen molar-refractivity contribution in [2.75, 3.05) is 0 Å². The molecule has 1 aliphatic carbocycles. The van der Waals surface area contributed by atoms with Gasteiger partial charge in [-0.25, -0.2) is 9.78 Å². The molecular weight excluding hydrogens is 414 g/mol. The van der Waals surface area contributed by atoms with Crippen LogP contribution in [0.4, 0.5) is 4.79 Å². The van der Waals surface area contributed by atoms with Crippen molar-refractivity contribution in [3.05, 3.63) is 60.7 Å². The highest BCUT2D eigenvalue weighted by Gasteiger charge is 2.23. The minimum absolute atomic E-state index is 0.287. The van der Waals surface area contributed by atoms with Crippen LogP contribution in [0.5, 0.6) is 5.75 Å². The Kier molecular flexibility index (Phi) is 4.61. The van der Waals surface area contributed by atoms with Crippen LogP contribution >= 0.6 is 0 Å². The molecule has 0 spiro atoms. The standard InChI is InChI=1S/C27H25N3O3/c1-2-29-23-6-4-3-5-20(23)21-15-18(9-11-24(21)29)26-28-22-16-19(33-27(31)32)10-12-25(22)30(26)14-13-17-7-8-17/h3-6,9-12,15-17H,2,7-8,13-14H2,1H3,(H,31,32). The van der Waals surface area contributed by atoms with Gasteiger partial charge in [-0.15, -0.1) is 0 Å². The van der Waals surface area contributed by atoms with Crippen LogP contribution in [0.25, 0.3) is 44.2 Å². The summed E-state index contributed by atoms with van der Waals surface area (Å²) in [5.74, 6) is 2.00. The van der Waals surface area contributed by atoms with Crippen molar-refractivity contribution in [3.63, 3.8) is 0 Å². The number of para-hydroxylation sites is 1. The van der Waals surface area contributed by atoms with E-state index < -0.39 is 6.16 Å². The van der Waals surface area contributed by atoms with Crippen molar-refractivity contribution in [1.82, 2.24) is 14.1 Å². The normalized spacial score (nSPS) is 13.8. The van der Waals surface area contributed by atoms with Crippen LogP contribution in [0.1, 0.15) is 26.2 Å². The number of aryl methyl sites for hydroxylation is 2. The summed E-state index contributed by atoms with van der Waals surface area (Å²) >= 11 is 0. The number of carboxylic acid groups (broad SMARTS) is 1. The molecule has 0 saturated heterocycles. The molecular formula is C27H25N3O3. The van der Waals surface area contributed by atoms with Gasteiger partial charge in [0.25, 0.3) is 0 Å². The molecule has 0 bridgehead atoms. The number of rotatable bonds is 6. The number of carbonyl (C=O) groups is 1. The number of imidazole rings is 1. The molecule has 6 nitrogen and oxygen atoms in total. The number of aromatic nitrogens is 3. The van der Waals surface area contributed by atoms with Gasteiger partial charge in [0, 0.05) is 46.5 Å². The van der Waals surface area contributed by atoms with Crippen LogP contribution in [0.15, 0.2) is 60.7 Å². The Morgan fingerprint density at radius 2 is 1.79 bits per heavy atom. The van der Waals surface area contributed by atoms with Gasteiger partial charge in [-0.2, -0.15) is 0 Å². The Balaban J connectivity index is 1.53. The van der Waals surface area contributed by atoms with E-state index >= 15 is 0 Å². The molecule has 0 aliphatic heterocycles. The zero-order valence-corrected chi connectivity index (χ0v) is 18.5. The van der Waals surface area contributed by atoms with Crippen molar-refractivity contribution in [1.29, 1.82) is 0 Å². The SMILES string of the molecule is CCn1c2ccccc2c2cc(-c3nc4cc(OC(=O)O)ccc4n3CCC3CC3)ccc21. The fourth-order valence-corrected chi connectivity index (χ4v) is 4.97.